The maximum absolute atomic E-state index is 6.15. The van der Waals surface area contributed by atoms with Crippen LogP contribution in [0.15, 0.2) is 36.4 Å². The SMILES string of the molecule is CCc1cccc(CC)c1NC(=S)Nc1cc(Cl)ccc1Cl. The molecule has 0 aliphatic rings. The molecule has 0 saturated heterocycles. The summed E-state index contributed by atoms with van der Waals surface area (Å²) >= 11 is 17.6. The first-order valence-electron chi connectivity index (χ1n) is 7.19. The first kappa shape index (κ1) is 17.1. The van der Waals surface area contributed by atoms with Crippen molar-refractivity contribution >= 4 is 51.9 Å². The van der Waals surface area contributed by atoms with Gasteiger partial charge in [-0.15, -0.1) is 0 Å². The highest BCUT2D eigenvalue weighted by Gasteiger charge is 2.09. The van der Waals surface area contributed by atoms with E-state index >= 15 is 0 Å². The average molecular weight is 353 g/mol. The number of rotatable bonds is 4. The van der Waals surface area contributed by atoms with Crippen molar-refractivity contribution in [2.45, 2.75) is 26.7 Å². The Balaban J connectivity index is 2.20. The minimum absolute atomic E-state index is 0.500. The molecule has 0 aromatic heterocycles. The molecule has 2 aromatic rings. The van der Waals surface area contributed by atoms with Gasteiger partial charge in [0.25, 0.3) is 0 Å². The molecule has 0 aliphatic heterocycles. The van der Waals surface area contributed by atoms with Crippen LogP contribution in [0.5, 0.6) is 0 Å². The van der Waals surface area contributed by atoms with E-state index in [0.29, 0.717) is 20.8 Å². The van der Waals surface area contributed by atoms with Crippen molar-refractivity contribution in [2.24, 2.45) is 0 Å². The van der Waals surface area contributed by atoms with E-state index in [9.17, 15) is 0 Å². The molecule has 2 N–H and O–H groups in total. The average Bonchev–Trinajstić information content (AvgIpc) is 2.51. The normalized spacial score (nSPS) is 10.4. The minimum atomic E-state index is 0.500. The van der Waals surface area contributed by atoms with Gasteiger partial charge in [0.1, 0.15) is 0 Å². The van der Waals surface area contributed by atoms with Crippen LogP contribution in [-0.2, 0) is 12.8 Å². The van der Waals surface area contributed by atoms with Gasteiger partial charge < -0.3 is 10.6 Å². The van der Waals surface area contributed by atoms with E-state index in [-0.39, 0.29) is 0 Å². The fourth-order valence-corrected chi connectivity index (χ4v) is 2.81. The summed E-state index contributed by atoms with van der Waals surface area (Å²) in [6.45, 7) is 4.26. The molecule has 0 unspecified atom stereocenters. The molecule has 0 spiro atoms. The Morgan fingerprint density at radius 1 is 1.00 bits per heavy atom. The molecule has 0 fully saturated rings. The lowest BCUT2D eigenvalue weighted by atomic mass is 10.0. The van der Waals surface area contributed by atoms with Crippen LogP contribution in [0.2, 0.25) is 10.0 Å². The van der Waals surface area contributed by atoms with Gasteiger partial charge in [-0.3, -0.25) is 0 Å². The third-order valence-electron chi connectivity index (χ3n) is 3.41. The highest BCUT2D eigenvalue weighted by molar-refractivity contribution is 7.80. The second-order valence-corrected chi connectivity index (χ2v) is 6.11. The number of benzene rings is 2. The van der Waals surface area contributed by atoms with Crippen molar-refractivity contribution in [3.63, 3.8) is 0 Å². The summed E-state index contributed by atoms with van der Waals surface area (Å²) in [5.41, 5.74) is 4.24. The lowest BCUT2D eigenvalue weighted by Gasteiger charge is -2.17. The Morgan fingerprint density at radius 3 is 2.23 bits per heavy atom. The number of anilines is 2. The first-order chi connectivity index (χ1) is 10.5. The van der Waals surface area contributed by atoms with Crippen molar-refractivity contribution in [2.75, 3.05) is 10.6 Å². The molecule has 22 heavy (non-hydrogen) atoms. The standard InChI is InChI=1S/C17H18Cl2N2S/c1-3-11-6-5-7-12(4-2)16(11)21-17(22)20-15-10-13(18)8-9-14(15)19/h5-10H,3-4H2,1-2H3,(H2,20,21,22). The van der Waals surface area contributed by atoms with Crippen LogP contribution in [0.3, 0.4) is 0 Å². The largest absolute Gasteiger partial charge is 0.332 e. The summed E-state index contributed by atoms with van der Waals surface area (Å²) in [6.07, 6.45) is 1.88. The van der Waals surface area contributed by atoms with Crippen molar-refractivity contribution in [1.82, 2.24) is 0 Å². The second-order valence-electron chi connectivity index (χ2n) is 4.86. The summed E-state index contributed by atoms with van der Waals surface area (Å²) in [5.74, 6) is 0. The van der Waals surface area contributed by atoms with Crippen LogP contribution in [-0.4, -0.2) is 5.11 Å². The zero-order valence-corrected chi connectivity index (χ0v) is 14.9. The third kappa shape index (κ3) is 4.13. The molecule has 0 amide bonds. The second kappa shape index (κ2) is 7.82. The van der Waals surface area contributed by atoms with Gasteiger partial charge in [-0.1, -0.05) is 55.2 Å². The molecule has 0 radical (unpaired) electrons. The summed E-state index contributed by atoms with van der Waals surface area (Å²) in [7, 11) is 0. The number of hydrogen-bond acceptors (Lipinski definition) is 1. The predicted octanol–water partition coefficient (Wildman–Crippen LogP) is 5.93. The highest BCUT2D eigenvalue weighted by atomic mass is 35.5. The van der Waals surface area contributed by atoms with E-state index in [1.165, 1.54) is 11.1 Å². The Labute approximate surface area is 146 Å². The van der Waals surface area contributed by atoms with Gasteiger partial charge >= 0.3 is 0 Å². The Morgan fingerprint density at radius 2 is 1.64 bits per heavy atom. The molecule has 2 rings (SSSR count). The summed E-state index contributed by atoms with van der Waals surface area (Å²) in [5, 5.41) is 8.09. The molecule has 0 saturated carbocycles. The number of nitrogens with one attached hydrogen (secondary N) is 2. The van der Waals surface area contributed by atoms with Gasteiger partial charge in [-0.05, 0) is 54.4 Å². The van der Waals surface area contributed by atoms with Crippen LogP contribution in [0.4, 0.5) is 11.4 Å². The third-order valence-corrected chi connectivity index (χ3v) is 4.18. The Bertz CT molecular complexity index is 664. The molecule has 5 heteroatoms. The summed E-state index contributed by atoms with van der Waals surface area (Å²) in [4.78, 5) is 0. The van der Waals surface area contributed by atoms with Gasteiger partial charge in [0, 0.05) is 10.7 Å². The topological polar surface area (TPSA) is 24.1 Å². The van der Waals surface area contributed by atoms with Gasteiger partial charge in [-0.25, -0.2) is 0 Å². The van der Waals surface area contributed by atoms with Crippen molar-refractivity contribution < 1.29 is 0 Å². The van der Waals surface area contributed by atoms with Crippen LogP contribution >= 0.6 is 35.4 Å². The van der Waals surface area contributed by atoms with Gasteiger partial charge in [0.15, 0.2) is 5.11 Å². The van der Waals surface area contributed by atoms with Crippen LogP contribution in [0, 0.1) is 0 Å². The summed E-state index contributed by atoms with van der Waals surface area (Å²) in [6, 6.07) is 11.5. The van der Waals surface area contributed by atoms with E-state index in [4.69, 9.17) is 35.4 Å². The zero-order chi connectivity index (χ0) is 16.1. The predicted molar refractivity (Wildman–Crippen MR) is 102 cm³/mol. The van der Waals surface area contributed by atoms with Crippen molar-refractivity contribution in [3.05, 3.63) is 57.6 Å². The maximum Gasteiger partial charge on any atom is 0.175 e. The fraction of sp³-hybridized carbons (Fsp3) is 0.235. The van der Waals surface area contributed by atoms with Crippen LogP contribution in [0.25, 0.3) is 0 Å². The molecule has 0 bridgehead atoms. The van der Waals surface area contributed by atoms with Crippen molar-refractivity contribution in [1.29, 1.82) is 0 Å². The Hall–Kier alpha value is -1.29. The fourth-order valence-electron chi connectivity index (χ4n) is 2.26. The van der Waals surface area contributed by atoms with E-state index < -0.39 is 0 Å². The smallest absolute Gasteiger partial charge is 0.175 e. The number of thiocarbonyl (C=S) groups is 1. The number of hydrogen-bond donors (Lipinski definition) is 2. The Kier molecular flexibility index (Phi) is 6.07. The minimum Gasteiger partial charge on any atom is -0.332 e. The van der Waals surface area contributed by atoms with Crippen molar-refractivity contribution in [3.8, 4) is 0 Å². The molecule has 0 atom stereocenters. The lowest BCUT2D eigenvalue weighted by molar-refractivity contribution is 1.09. The maximum atomic E-state index is 6.15. The molecule has 0 heterocycles. The molecular formula is C17H18Cl2N2S. The van der Waals surface area contributed by atoms with Gasteiger partial charge in [0.2, 0.25) is 0 Å². The molecule has 0 aliphatic carbocycles. The summed E-state index contributed by atoms with van der Waals surface area (Å²) < 4.78 is 0. The van der Waals surface area contributed by atoms with E-state index in [2.05, 4.69) is 42.7 Å². The van der Waals surface area contributed by atoms with E-state index in [1.807, 2.05) is 0 Å². The number of aryl methyl sites for hydroxylation is 2. The number of para-hydroxylation sites is 1. The first-order valence-corrected chi connectivity index (χ1v) is 8.35. The molecule has 2 aromatic carbocycles. The quantitative estimate of drug-likeness (QED) is 0.667. The zero-order valence-electron chi connectivity index (χ0n) is 12.5. The van der Waals surface area contributed by atoms with Gasteiger partial charge in [-0.2, -0.15) is 0 Å². The lowest BCUT2D eigenvalue weighted by Crippen LogP contribution is -2.21. The van der Waals surface area contributed by atoms with Crippen LogP contribution in [0.1, 0.15) is 25.0 Å². The van der Waals surface area contributed by atoms with Crippen LogP contribution < -0.4 is 10.6 Å². The monoisotopic (exact) mass is 352 g/mol. The molecule has 2 nitrogen and oxygen atoms in total. The molecular weight excluding hydrogens is 335 g/mol. The number of halogens is 2. The van der Waals surface area contributed by atoms with Gasteiger partial charge in [0.05, 0.1) is 10.7 Å². The van der Waals surface area contributed by atoms with E-state index in [1.54, 1.807) is 18.2 Å². The van der Waals surface area contributed by atoms with E-state index in [0.717, 1.165) is 18.5 Å². The molecule has 116 valence electrons. The highest BCUT2D eigenvalue weighted by Crippen LogP contribution is 2.27.